The van der Waals surface area contributed by atoms with E-state index in [0.717, 1.165) is 30.7 Å². The van der Waals surface area contributed by atoms with Gasteiger partial charge in [-0.25, -0.2) is 0 Å². The standard InChI is InChI=1S/C22H22ClN3O3/c1-29-15-9-7-13(8-10-15)24-20(27)17-12-14-4-3-11-26(14)22(17)16-5-2-6-18(23)19(16)25-21(22)28/h2,5-10,14,17H,3-4,11-12H2,1H3,(H,24,27)(H,25,28)/t14-,17-,22+/m1/s1. The number of para-hydroxylation sites is 1. The van der Waals surface area contributed by atoms with E-state index in [2.05, 4.69) is 15.5 Å². The normalized spacial score (nSPS) is 27.6. The van der Waals surface area contributed by atoms with Gasteiger partial charge in [0.2, 0.25) is 11.8 Å². The quantitative estimate of drug-likeness (QED) is 0.809. The van der Waals surface area contributed by atoms with Crippen LogP contribution in [0.1, 0.15) is 24.8 Å². The molecule has 0 saturated carbocycles. The van der Waals surface area contributed by atoms with Crippen molar-refractivity contribution in [3.05, 3.63) is 53.1 Å². The van der Waals surface area contributed by atoms with Crippen LogP contribution in [0, 0.1) is 5.92 Å². The maximum absolute atomic E-state index is 13.4. The first-order valence-corrected chi connectivity index (χ1v) is 10.3. The van der Waals surface area contributed by atoms with Crippen LogP contribution in [0.3, 0.4) is 0 Å². The maximum Gasteiger partial charge on any atom is 0.250 e. The highest BCUT2D eigenvalue weighted by atomic mass is 35.5. The molecular weight excluding hydrogens is 390 g/mol. The Bertz CT molecular complexity index is 993. The number of nitrogens with zero attached hydrogens (tertiary/aromatic N) is 1. The minimum Gasteiger partial charge on any atom is -0.497 e. The number of rotatable bonds is 3. The molecule has 2 fully saturated rings. The number of methoxy groups -OCH3 is 1. The molecular formula is C22H22ClN3O3. The highest BCUT2D eigenvalue weighted by molar-refractivity contribution is 6.35. The number of hydrogen-bond donors (Lipinski definition) is 2. The number of ether oxygens (including phenoxy) is 1. The first-order chi connectivity index (χ1) is 14.1. The molecule has 2 aromatic rings. The Hall–Kier alpha value is -2.57. The lowest BCUT2D eigenvalue weighted by atomic mass is 9.78. The Morgan fingerprint density at radius 1 is 1.28 bits per heavy atom. The van der Waals surface area contributed by atoms with Gasteiger partial charge in [0.1, 0.15) is 11.3 Å². The number of amides is 2. The van der Waals surface area contributed by atoms with Gasteiger partial charge in [0.15, 0.2) is 0 Å². The van der Waals surface area contributed by atoms with Crippen LogP contribution in [-0.4, -0.2) is 36.4 Å². The Kier molecular flexibility index (Phi) is 4.29. The molecule has 3 heterocycles. The zero-order valence-corrected chi connectivity index (χ0v) is 16.8. The molecule has 0 unspecified atom stereocenters. The number of carbonyl (C=O) groups excluding carboxylic acids is 2. The summed E-state index contributed by atoms with van der Waals surface area (Å²) >= 11 is 6.38. The van der Waals surface area contributed by atoms with Gasteiger partial charge < -0.3 is 15.4 Å². The van der Waals surface area contributed by atoms with Crippen molar-refractivity contribution in [2.75, 3.05) is 24.3 Å². The second-order valence-electron chi connectivity index (χ2n) is 7.88. The monoisotopic (exact) mass is 411 g/mol. The van der Waals surface area contributed by atoms with Gasteiger partial charge in [-0.05, 0) is 56.1 Å². The molecule has 0 bridgehead atoms. The van der Waals surface area contributed by atoms with Crippen molar-refractivity contribution < 1.29 is 14.3 Å². The molecule has 150 valence electrons. The smallest absolute Gasteiger partial charge is 0.250 e. The van der Waals surface area contributed by atoms with Crippen LogP contribution in [0.5, 0.6) is 5.75 Å². The first kappa shape index (κ1) is 18.5. The van der Waals surface area contributed by atoms with Gasteiger partial charge in [-0.3, -0.25) is 14.5 Å². The van der Waals surface area contributed by atoms with E-state index in [9.17, 15) is 9.59 Å². The molecule has 6 nitrogen and oxygen atoms in total. The van der Waals surface area contributed by atoms with Crippen molar-refractivity contribution in [2.24, 2.45) is 5.92 Å². The zero-order valence-electron chi connectivity index (χ0n) is 16.1. The molecule has 0 aliphatic carbocycles. The zero-order chi connectivity index (χ0) is 20.2. The fourth-order valence-electron chi connectivity index (χ4n) is 5.32. The van der Waals surface area contributed by atoms with E-state index in [1.807, 2.05) is 12.1 Å². The van der Waals surface area contributed by atoms with Crippen LogP contribution < -0.4 is 15.4 Å². The van der Waals surface area contributed by atoms with E-state index in [0.29, 0.717) is 22.8 Å². The third-order valence-corrected chi connectivity index (χ3v) is 6.84. The third kappa shape index (κ3) is 2.59. The number of halogens is 1. The molecule has 3 aliphatic heterocycles. The van der Waals surface area contributed by atoms with E-state index >= 15 is 0 Å². The fraction of sp³-hybridized carbons (Fsp3) is 0.364. The summed E-state index contributed by atoms with van der Waals surface area (Å²) in [5.41, 5.74) is 1.13. The van der Waals surface area contributed by atoms with E-state index in [-0.39, 0.29) is 17.9 Å². The van der Waals surface area contributed by atoms with Crippen molar-refractivity contribution in [2.45, 2.75) is 30.8 Å². The van der Waals surface area contributed by atoms with Gasteiger partial charge in [-0.15, -0.1) is 0 Å². The van der Waals surface area contributed by atoms with Crippen molar-refractivity contribution in [1.82, 2.24) is 4.90 Å². The molecule has 2 aromatic carbocycles. The van der Waals surface area contributed by atoms with Crippen LogP contribution in [0.15, 0.2) is 42.5 Å². The van der Waals surface area contributed by atoms with Gasteiger partial charge in [-0.1, -0.05) is 23.7 Å². The summed E-state index contributed by atoms with van der Waals surface area (Å²) in [5, 5.41) is 6.48. The highest BCUT2D eigenvalue weighted by Gasteiger charge is 2.65. The number of carbonyl (C=O) groups is 2. The number of anilines is 2. The topological polar surface area (TPSA) is 70.7 Å². The number of benzene rings is 2. The van der Waals surface area contributed by atoms with Crippen LogP contribution in [0.2, 0.25) is 5.02 Å². The third-order valence-electron chi connectivity index (χ3n) is 6.53. The molecule has 29 heavy (non-hydrogen) atoms. The maximum atomic E-state index is 13.4. The molecule has 5 rings (SSSR count). The Morgan fingerprint density at radius 3 is 2.83 bits per heavy atom. The van der Waals surface area contributed by atoms with Crippen LogP contribution in [0.25, 0.3) is 0 Å². The lowest BCUT2D eigenvalue weighted by molar-refractivity contribution is -0.135. The van der Waals surface area contributed by atoms with Crippen molar-refractivity contribution >= 4 is 34.8 Å². The molecule has 3 atom stereocenters. The number of hydrogen-bond acceptors (Lipinski definition) is 4. The lowest BCUT2D eigenvalue weighted by Crippen LogP contribution is -2.53. The van der Waals surface area contributed by atoms with Crippen molar-refractivity contribution in [1.29, 1.82) is 0 Å². The summed E-state index contributed by atoms with van der Waals surface area (Å²) in [6, 6.07) is 13.0. The Labute approximate surface area is 174 Å². The van der Waals surface area contributed by atoms with Crippen LogP contribution in [0.4, 0.5) is 11.4 Å². The van der Waals surface area contributed by atoms with Gasteiger partial charge in [0, 0.05) is 17.3 Å². The Morgan fingerprint density at radius 2 is 2.07 bits per heavy atom. The summed E-state index contributed by atoms with van der Waals surface area (Å²) in [5.74, 6) is -0.0678. The van der Waals surface area contributed by atoms with E-state index in [4.69, 9.17) is 16.3 Å². The average molecular weight is 412 g/mol. The predicted molar refractivity (Wildman–Crippen MR) is 111 cm³/mol. The SMILES string of the molecule is COc1ccc(NC(=O)[C@H]2C[C@H]3CCCN3[C@]23C(=O)Nc2c(Cl)cccc23)cc1. The number of fused-ring (bicyclic) bond motifs is 4. The highest BCUT2D eigenvalue weighted by Crippen LogP contribution is 2.56. The minimum atomic E-state index is -1.00. The van der Waals surface area contributed by atoms with Gasteiger partial charge >= 0.3 is 0 Å². The average Bonchev–Trinajstić information content (AvgIpc) is 3.38. The fourth-order valence-corrected chi connectivity index (χ4v) is 5.54. The molecule has 3 aliphatic rings. The summed E-state index contributed by atoms with van der Waals surface area (Å²) < 4.78 is 5.18. The molecule has 1 spiro atoms. The summed E-state index contributed by atoms with van der Waals surface area (Å²) in [4.78, 5) is 29.0. The molecule has 0 radical (unpaired) electrons. The van der Waals surface area contributed by atoms with Crippen molar-refractivity contribution in [3.63, 3.8) is 0 Å². The second-order valence-corrected chi connectivity index (χ2v) is 8.29. The van der Waals surface area contributed by atoms with Crippen LogP contribution >= 0.6 is 11.6 Å². The molecule has 0 aromatic heterocycles. The summed E-state index contributed by atoms with van der Waals surface area (Å²) in [6.07, 6.45) is 2.68. The largest absolute Gasteiger partial charge is 0.497 e. The Balaban J connectivity index is 1.55. The van der Waals surface area contributed by atoms with Gasteiger partial charge in [0.05, 0.1) is 23.7 Å². The summed E-state index contributed by atoms with van der Waals surface area (Å²) in [7, 11) is 1.60. The summed E-state index contributed by atoms with van der Waals surface area (Å²) in [6.45, 7) is 0.802. The molecule has 2 N–H and O–H groups in total. The van der Waals surface area contributed by atoms with Crippen LogP contribution in [-0.2, 0) is 15.1 Å². The minimum absolute atomic E-state index is 0.146. The number of nitrogens with one attached hydrogen (secondary N) is 2. The van der Waals surface area contributed by atoms with E-state index in [1.54, 1.807) is 37.4 Å². The first-order valence-electron chi connectivity index (χ1n) is 9.88. The molecule has 2 saturated heterocycles. The lowest BCUT2D eigenvalue weighted by Gasteiger charge is -2.36. The second kappa shape index (κ2) is 6.75. The van der Waals surface area contributed by atoms with Gasteiger partial charge in [0.25, 0.3) is 0 Å². The van der Waals surface area contributed by atoms with E-state index in [1.165, 1.54) is 0 Å². The molecule has 7 heteroatoms. The molecule has 2 amide bonds. The predicted octanol–water partition coefficient (Wildman–Crippen LogP) is 3.62. The van der Waals surface area contributed by atoms with E-state index < -0.39 is 11.5 Å². The van der Waals surface area contributed by atoms with Crippen molar-refractivity contribution in [3.8, 4) is 5.75 Å². The van der Waals surface area contributed by atoms with Gasteiger partial charge in [-0.2, -0.15) is 0 Å².